The van der Waals surface area contributed by atoms with E-state index in [9.17, 15) is 0 Å². The standard InChI is InChI=1S/C29H21BN2.Li/c1-18-7-9-20-15-22-11-12-27(32-17-31-26-5-3-4-6-28(26)32)23-16-21-10-8-19(2)14-25(21)30(29(22)23)24(20)13-18;/h3-11,13-14H,15-16H2,1-2H3;/q-2;+1. The van der Waals surface area contributed by atoms with Crippen molar-refractivity contribution in [2.24, 2.45) is 0 Å². The Balaban J connectivity index is 0.00000206. The Labute approximate surface area is 206 Å². The molecule has 0 bridgehead atoms. The number of hydrogen-bond acceptors (Lipinski definition) is 1. The molecule has 33 heavy (non-hydrogen) atoms. The van der Waals surface area contributed by atoms with E-state index in [1.54, 1.807) is 0 Å². The number of benzene rings is 4. The molecule has 0 saturated heterocycles. The minimum atomic E-state index is 0. The van der Waals surface area contributed by atoms with Crippen molar-refractivity contribution in [1.29, 1.82) is 0 Å². The summed E-state index contributed by atoms with van der Waals surface area (Å²) in [5, 5.41) is 0. The normalized spacial score (nSPS) is 13.2. The van der Waals surface area contributed by atoms with Crippen LogP contribution in [0.1, 0.15) is 33.4 Å². The summed E-state index contributed by atoms with van der Waals surface area (Å²) in [4.78, 5) is 4.54. The van der Waals surface area contributed by atoms with Gasteiger partial charge >= 0.3 is 18.9 Å². The third-order valence-corrected chi connectivity index (χ3v) is 7.22. The van der Waals surface area contributed by atoms with Crippen molar-refractivity contribution in [2.75, 3.05) is 0 Å². The molecule has 1 aromatic heterocycles. The molecule has 0 saturated carbocycles. The molecule has 2 aliphatic rings. The molecule has 0 spiro atoms. The third kappa shape index (κ3) is 3.00. The van der Waals surface area contributed by atoms with E-state index in [1.165, 1.54) is 49.8 Å². The number of fused-ring (bicyclic) bond motifs is 5. The van der Waals surface area contributed by atoms with Gasteiger partial charge in [0.25, 0.3) is 0 Å². The second-order valence-electron chi connectivity index (χ2n) is 9.28. The SMILES string of the molecule is Cc1ccc2c(c1)B1c3cc(C)ccc3Cc3c(-n4[c-]nc5ccccc54)[c-]cc(c31)C2.[Li+]. The molecule has 152 valence electrons. The first kappa shape index (κ1) is 20.6. The Morgan fingerprint density at radius 2 is 1.55 bits per heavy atom. The van der Waals surface area contributed by atoms with Crippen molar-refractivity contribution in [3.8, 4) is 5.69 Å². The fourth-order valence-corrected chi connectivity index (χ4v) is 5.76. The zero-order chi connectivity index (χ0) is 21.4. The van der Waals surface area contributed by atoms with E-state index < -0.39 is 0 Å². The van der Waals surface area contributed by atoms with Gasteiger partial charge in [0.1, 0.15) is 0 Å². The fraction of sp³-hybridized carbons (Fsp3) is 0.138. The van der Waals surface area contributed by atoms with Crippen LogP contribution in [0.3, 0.4) is 0 Å². The van der Waals surface area contributed by atoms with Crippen molar-refractivity contribution in [1.82, 2.24) is 9.55 Å². The fourth-order valence-electron chi connectivity index (χ4n) is 5.76. The van der Waals surface area contributed by atoms with Crippen LogP contribution in [0.4, 0.5) is 0 Å². The number of nitrogens with zero attached hydrogens (tertiary/aromatic N) is 2. The van der Waals surface area contributed by atoms with Crippen molar-refractivity contribution in [3.63, 3.8) is 0 Å². The molecule has 0 aliphatic carbocycles. The van der Waals surface area contributed by atoms with Gasteiger partial charge in [0.2, 0.25) is 6.71 Å². The summed E-state index contributed by atoms with van der Waals surface area (Å²) >= 11 is 0. The first-order chi connectivity index (χ1) is 15.7. The van der Waals surface area contributed by atoms with Gasteiger partial charge in [0, 0.05) is 6.33 Å². The van der Waals surface area contributed by atoms with Crippen LogP contribution >= 0.6 is 0 Å². The van der Waals surface area contributed by atoms with Crippen LogP contribution in [0, 0.1) is 26.2 Å². The third-order valence-electron chi connectivity index (χ3n) is 7.22. The Kier molecular flexibility index (Phi) is 4.70. The smallest absolute Gasteiger partial charge is 0.448 e. The topological polar surface area (TPSA) is 17.8 Å². The Morgan fingerprint density at radius 3 is 2.30 bits per heavy atom. The van der Waals surface area contributed by atoms with Crippen LogP contribution in [0.2, 0.25) is 0 Å². The molecule has 7 rings (SSSR count). The summed E-state index contributed by atoms with van der Waals surface area (Å²) in [7, 11) is 0. The molecule has 0 radical (unpaired) electrons. The number of rotatable bonds is 1. The molecule has 0 atom stereocenters. The maximum Gasteiger partial charge on any atom is 1.00 e. The van der Waals surface area contributed by atoms with Crippen LogP contribution in [-0.2, 0) is 12.8 Å². The van der Waals surface area contributed by atoms with Crippen LogP contribution in [0.5, 0.6) is 0 Å². The summed E-state index contributed by atoms with van der Waals surface area (Å²) in [6, 6.07) is 28.1. The van der Waals surface area contributed by atoms with Gasteiger partial charge in [-0.25, -0.2) is 6.07 Å². The molecule has 0 unspecified atom stereocenters. The molecule has 0 fully saturated rings. The monoisotopic (exact) mass is 415 g/mol. The molecule has 3 heterocycles. The molecular weight excluding hydrogens is 394 g/mol. The van der Waals surface area contributed by atoms with Crippen molar-refractivity contribution >= 4 is 34.1 Å². The molecule has 4 heteroatoms. The quantitative estimate of drug-likeness (QED) is 0.283. The van der Waals surface area contributed by atoms with Gasteiger partial charge in [-0.1, -0.05) is 106 Å². The van der Waals surface area contributed by atoms with Crippen molar-refractivity contribution in [3.05, 3.63) is 113 Å². The predicted molar refractivity (Wildman–Crippen MR) is 131 cm³/mol. The molecule has 0 amide bonds. The zero-order valence-electron chi connectivity index (χ0n) is 19.2. The average Bonchev–Trinajstić information content (AvgIpc) is 3.23. The number of para-hydroxylation sites is 2. The molecule has 0 N–H and O–H groups in total. The molecule has 5 aromatic rings. The predicted octanol–water partition coefficient (Wildman–Crippen LogP) is 0.571. The maximum atomic E-state index is 4.54. The molecular formula is C29H21BLiN2-. The van der Waals surface area contributed by atoms with E-state index in [0.717, 1.165) is 29.6 Å². The zero-order valence-corrected chi connectivity index (χ0v) is 19.2. The van der Waals surface area contributed by atoms with E-state index in [1.807, 2.05) is 12.1 Å². The average molecular weight is 415 g/mol. The molecule has 2 aliphatic heterocycles. The largest absolute Gasteiger partial charge is 1.00 e. The number of aryl methyl sites for hydroxylation is 2. The van der Waals surface area contributed by atoms with Gasteiger partial charge in [0.15, 0.2) is 0 Å². The van der Waals surface area contributed by atoms with Crippen LogP contribution in [0.25, 0.3) is 16.7 Å². The van der Waals surface area contributed by atoms with Gasteiger partial charge < -0.3 is 9.55 Å². The second-order valence-corrected chi connectivity index (χ2v) is 9.28. The van der Waals surface area contributed by atoms with Crippen molar-refractivity contribution < 1.29 is 18.9 Å². The van der Waals surface area contributed by atoms with Crippen LogP contribution in [-0.4, -0.2) is 16.3 Å². The van der Waals surface area contributed by atoms with E-state index in [2.05, 4.69) is 90.4 Å². The maximum absolute atomic E-state index is 4.54. The van der Waals surface area contributed by atoms with E-state index in [4.69, 9.17) is 0 Å². The van der Waals surface area contributed by atoms with E-state index >= 15 is 0 Å². The van der Waals surface area contributed by atoms with Gasteiger partial charge in [-0.05, 0) is 25.8 Å². The summed E-state index contributed by atoms with van der Waals surface area (Å²) < 4.78 is 2.10. The van der Waals surface area contributed by atoms with Crippen molar-refractivity contribution in [2.45, 2.75) is 26.7 Å². The van der Waals surface area contributed by atoms with Crippen LogP contribution in [0.15, 0.2) is 66.7 Å². The summed E-state index contributed by atoms with van der Waals surface area (Å²) in [5.41, 5.74) is 15.8. The number of imidazole rings is 1. The van der Waals surface area contributed by atoms with E-state index in [0.29, 0.717) is 0 Å². The Hall–Kier alpha value is -2.99. The van der Waals surface area contributed by atoms with Gasteiger partial charge in [0.05, 0.1) is 0 Å². The van der Waals surface area contributed by atoms with Gasteiger partial charge in [-0.15, -0.1) is 5.69 Å². The van der Waals surface area contributed by atoms with Crippen LogP contribution < -0.4 is 35.2 Å². The first-order valence-corrected chi connectivity index (χ1v) is 11.3. The minimum Gasteiger partial charge on any atom is -0.448 e. The summed E-state index contributed by atoms with van der Waals surface area (Å²) in [6.07, 6.45) is 5.14. The summed E-state index contributed by atoms with van der Waals surface area (Å²) in [5.74, 6) is 0. The first-order valence-electron chi connectivity index (χ1n) is 11.3. The Bertz CT molecular complexity index is 1550. The number of hydrogen-bond donors (Lipinski definition) is 0. The number of aromatic nitrogens is 2. The molecule has 4 aromatic carbocycles. The summed E-state index contributed by atoms with van der Waals surface area (Å²) in [6.45, 7) is 4.68. The minimum absolute atomic E-state index is 0. The molecule has 2 nitrogen and oxygen atoms in total. The van der Waals surface area contributed by atoms with E-state index in [-0.39, 0.29) is 25.6 Å². The van der Waals surface area contributed by atoms with Gasteiger partial charge in [-0.3, -0.25) is 0 Å². The Morgan fingerprint density at radius 1 is 0.848 bits per heavy atom. The van der Waals surface area contributed by atoms with Gasteiger partial charge in [-0.2, -0.15) is 22.7 Å². The second kappa shape index (κ2) is 7.52.